The fourth-order valence-electron chi connectivity index (χ4n) is 2.62. The zero-order chi connectivity index (χ0) is 15.6. The van der Waals surface area contributed by atoms with Crippen LogP contribution in [0, 0.1) is 5.92 Å². The normalized spacial score (nSPS) is 15.8. The van der Waals surface area contributed by atoms with Gasteiger partial charge in [-0.1, -0.05) is 20.3 Å². The van der Waals surface area contributed by atoms with Crippen LogP contribution in [0.25, 0.3) is 0 Å². The van der Waals surface area contributed by atoms with E-state index >= 15 is 0 Å². The van der Waals surface area contributed by atoms with Gasteiger partial charge in [-0.2, -0.15) is 0 Å². The molecule has 3 nitrogen and oxygen atoms in total. The van der Waals surface area contributed by atoms with E-state index in [9.17, 15) is 0 Å². The summed E-state index contributed by atoms with van der Waals surface area (Å²) in [6.07, 6.45) is 1.16. The standard InChI is InChI=1S/C18H30N2O/c1-7-15(6)11-21-16-8-9-17-18(10-16)20(14(4)5)12-19(17)13(2)3/h8-10,13-15H,7,11-12H2,1-6H3. The molecule has 0 amide bonds. The predicted octanol–water partition coefficient (Wildman–Crippen LogP) is 4.51. The monoisotopic (exact) mass is 290 g/mol. The third-order valence-corrected chi connectivity index (χ3v) is 4.35. The summed E-state index contributed by atoms with van der Waals surface area (Å²) < 4.78 is 5.96. The van der Waals surface area contributed by atoms with Gasteiger partial charge in [-0.05, 0) is 45.7 Å². The molecule has 0 spiro atoms. The first-order valence-corrected chi connectivity index (χ1v) is 8.24. The van der Waals surface area contributed by atoms with Gasteiger partial charge >= 0.3 is 0 Å². The van der Waals surface area contributed by atoms with Gasteiger partial charge in [0.1, 0.15) is 5.75 Å². The van der Waals surface area contributed by atoms with Gasteiger partial charge in [-0.15, -0.1) is 0 Å². The third-order valence-electron chi connectivity index (χ3n) is 4.35. The Morgan fingerprint density at radius 2 is 1.62 bits per heavy atom. The van der Waals surface area contributed by atoms with Crippen LogP contribution >= 0.6 is 0 Å². The van der Waals surface area contributed by atoms with Crippen molar-refractivity contribution >= 4 is 11.4 Å². The highest BCUT2D eigenvalue weighted by Gasteiger charge is 2.29. The van der Waals surface area contributed by atoms with Gasteiger partial charge in [0, 0.05) is 18.2 Å². The number of fused-ring (bicyclic) bond motifs is 1. The number of ether oxygens (including phenoxy) is 1. The maximum absolute atomic E-state index is 5.96. The van der Waals surface area contributed by atoms with Crippen molar-refractivity contribution in [2.24, 2.45) is 5.92 Å². The number of hydrogen-bond acceptors (Lipinski definition) is 3. The summed E-state index contributed by atoms with van der Waals surface area (Å²) in [5.74, 6) is 1.59. The summed E-state index contributed by atoms with van der Waals surface area (Å²) in [7, 11) is 0. The van der Waals surface area contributed by atoms with E-state index in [0.717, 1.165) is 25.4 Å². The Kier molecular flexibility index (Phi) is 5.02. The van der Waals surface area contributed by atoms with Crippen LogP contribution in [0.3, 0.4) is 0 Å². The fourth-order valence-corrected chi connectivity index (χ4v) is 2.62. The molecule has 1 aliphatic heterocycles. The van der Waals surface area contributed by atoms with Gasteiger partial charge < -0.3 is 14.5 Å². The molecule has 0 saturated heterocycles. The summed E-state index contributed by atoms with van der Waals surface area (Å²) in [4.78, 5) is 4.90. The molecule has 0 bridgehead atoms. The van der Waals surface area contributed by atoms with Crippen LogP contribution in [0.15, 0.2) is 18.2 Å². The second-order valence-electron chi connectivity index (χ2n) is 6.74. The molecule has 21 heavy (non-hydrogen) atoms. The Hall–Kier alpha value is -1.38. The molecule has 3 heteroatoms. The minimum absolute atomic E-state index is 0.498. The first-order chi connectivity index (χ1) is 9.93. The zero-order valence-corrected chi connectivity index (χ0v) is 14.4. The lowest BCUT2D eigenvalue weighted by atomic mass is 10.1. The van der Waals surface area contributed by atoms with E-state index in [4.69, 9.17) is 4.74 Å². The van der Waals surface area contributed by atoms with Gasteiger partial charge in [0.2, 0.25) is 0 Å². The lowest BCUT2D eigenvalue weighted by Crippen LogP contribution is -2.38. The van der Waals surface area contributed by atoms with Gasteiger partial charge in [0.25, 0.3) is 0 Å². The van der Waals surface area contributed by atoms with Crippen LogP contribution < -0.4 is 14.5 Å². The van der Waals surface area contributed by atoms with E-state index in [1.807, 2.05) is 0 Å². The second kappa shape index (κ2) is 6.59. The molecular weight excluding hydrogens is 260 g/mol. The molecule has 1 heterocycles. The minimum atomic E-state index is 0.498. The number of anilines is 2. The van der Waals surface area contributed by atoms with E-state index < -0.39 is 0 Å². The maximum atomic E-state index is 5.96. The van der Waals surface area contributed by atoms with Crippen LogP contribution in [0.2, 0.25) is 0 Å². The molecule has 0 saturated carbocycles. The van der Waals surface area contributed by atoms with Crippen molar-refractivity contribution in [3.63, 3.8) is 0 Å². The molecule has 0 aromatic heterocycles. The summed E-state index contributed by atoms with van der Waals surface area (Å²) >= 11 is 0. The Bertz CT molecular complexity index is 470. The van der Waals surface area contributed by atoms with Crippen LogP contribution in [0.1, 0.15) is 48.0 Å². The summed E-state index contributed by atoms with van der Waals surface area (Å²) in [5.41, 5.74) is 2.63. The van der Waals surface area contributed by atoms with Crippen molar-refractivity contribution in [3.8, 4) is 5.75 Å². The van der Waals surface area contributed by atoms with Crippen LogP contribution in [0.4, 0.5) is 11.4 Å². The van der Waals surface area contributed by atoms with E-state index in [-0.39, 0.29) is 0 Å². The smallest absolute Gasteiger partial charge is 0.121 e. The van der Waals surface area contributed by atoms with Crippen molar-refractivity contribution in [3.05, 3.63) is 18.2 Å². The molecule has 2 rings (SSSR count). The first-order valence-electron chi connectivity index (χ1n) is 8.24. The molecule has 1 aliphatic rings. The average molecular weight is 290 g/mol. The summed E-state index contributed by atoms with van der Waals surface area (Å²) in [5, 5.41) is 0. The number of benzene rings is 1. The van der Waals surface area contributed by atoms with Gasteiger partial charge in [-0.3, -0.25) is 0 Å². The zero-order valence-electron chi connectivity index (χ0n) is 14.4. The topological polar surface area (TPSA) is 15.7 Å². The third kappa shape index (κ3) is 3.45. The SMILES string of the molecule is CCC(C)COc1ccc2c(c1)N(C(C)C)CN2C(C)C. The van der Waals surface area contributed by atoms with Crippen LogP contribution in [0.5, 0.6) is 5.75 Å². The molecule has 0 aliphatic carbocycles. The van der Waals surface area contributed by atoms with Gasteiger partial charge in [0.05, 0.1) is 24.7 Å². The number of hydrogen-bond donors (Lipinski definition) is 0. The van der Waals surface area contributed by atoms with Crippen molar-refractivity contribution in [1.29, 1.82) is 0 Å². The highest BCUT2D eigenvalue weighted by Crippen LogP contribution is 2.40. The molecule has 1 aromatic rings. The quantitative estimate of drug-likeness (QED) is 0.766. The predicted molar refractivity (Wildman–Crippen MR) is 91.5 cm³/mol. The van der Waals surface area contributed by atoms with Crippen molar-refractivity contribution < 1.29 is 4.74 Å². The van der Waals surface area contributed by atoms with Crippen molar-refractivity contribution in [1.82, 2.24) is 0 Å². The summed E-state index contributed by atoms with van der Waals surface area (Å²) in [6.45, 7) is 15.2. The summed E-state index contributed by atoms with van der Waals surface area (Å²) in [6, 6.07) is 7.54. The van der Waals surface area contributed by atoms with Crippen LogP contribution in [-0.4, -0.2) is 25.4 Å². The molecule has 0 fully saturated rings. The van der Waals surface area contributed by atoms with E-state index in [1.165, 1.54) is 11.4 Å². The minimum Gasteiger partial charge on any atom is -0.493 e. The number of rotatable bonds is 6. The Morgan fingerprint density at radius 1 is 1.00 bits per heavy atom. The van der Waals surface area contributed by atoms with Crippen molar-refractivity contribution in [2.75, 3.05) is 23.1 Å². The second-order valence-corrected chi connectivity index (χ2v) is 6.74. The Balaban J connectivity index is 2.22. The molecule has 118 valence electrons. The molecule has 1 unspecified atom stereocenters. The average Bonchev–Trinajstić information content (AvgIpc) is 2.83. The molecular formula is C18H30N2O. The maximum Gasteiger partial charge on any atom is 0.121 e. The lowest BCUT2D eigenvalue weighted by Gasteiger charge is -2.27. The van der Waals surface area contributed by atoms with Crippen LogP contribution in [-0.2, 0) is 0 Å². The highest BCUT2D eigenvalue weighted by molar-refractivity contribution is 5.78. The van der Waals surface area contributed by atoms with E-state index in [2.05, 4.69) is 69.5 Å². The highest BCUT2D eigenvalue weighted by atomic mass is 16.5. The van der Waals surface area contributed by atoms with E-state index in [0.29, 0.717) is 18.0 Å². The number of nitrogens with zero attached hydrogens (tertiary/aromatic N) is 2. The Morgan fingerprint density at radius 3 is 2.19 bits per heavy atom. The van der Waals surface area contributed by atoms with Gasteiger partial charge in [-0.25, -0.2) is 0 Å². The largest absolute Gasteiger partial charge is 0.493 e. The van der Waals surface area contributed by atoms with Gasteiger partial charge in [0.15, 0.2) is 0 Å². The first kappa shape index (κ1) is 16.0. The molecule has 1 aromatic carbocycles. The fraction of sp³-hybridized carbons (Fsp3) is 0.667. The van der Waals surface area contributed by atoms with E-state index in [1.54, 1.807) is 0 Å². The van der Waals surface area contributed by atoms with Crippen molar-refractivity contribution in [2.45, 2.75) is 60.0 Å². The molecule has 1 atom stereocenters. The molecule has 0 N–H and O–H groups in total. The lowest BCUT2D eigenvalue weighted by molar-refractivity contribution is 0.256. The Labute approximate surface area is 129 Å². The molecule has 0 radical (unpaired) electrons.